The van der Waals surface area contributed by atoms with Crippen LogP contribution >= 0.6 is 0 Å². The molecular weight excluding hydrogens is 400 g/mol. The molecule has 6 atom stereocenters. The van der Waals surface area contributed by atoms with E-state index in [1.165, 1.54) is 32.8 Å². The summed E-state index contributed by atoms with van der Waals surface area (Å²) in [5.41, 5.74) is -0.993. The lowest BCUT2D eigenvalue weighted by Crippen LogP contribution is -2.59. The number of hydrogen-bond donors (Lipinski definition) is 2. The average molecular weight is 437 g/mol. The first-order chi connectivity index (χ1) is 14.1. The summed E-state index contributed by atoms with van der Waals surface area (Å²) >= 11 is 0. The van der Waals surface area contributed by atoms with E-state index in [1.807, 2.05) is 0 Å². The first kappa shape index (κ1) is 23.1. The van der Waals surface area contributed by atoms with Gasteiger partial charge in [0.25, 0.3) is 0 Å². The van der Waals surface area contributed by atoms with E-state index in [0.29, 0.717) is 28.2 Å². The topological polar surface area (TPSA) is 76.7 Å². The summed E-state index contributed by atoms with van der Waals surface area (Å²) in [6.45, 7) is 8.12. The van der Waals surface area contributed by atoms with Crippen LogP contribution in [0.25, 0.3) is 0 Å². The fraction of sp³-hybridized carbons (Fsp3) is 0.696. The molecule has 0 spiro atoms. The number of rotatable bonds is 7. The van der Waals surface area contributed by atoms with E-state index in [-0.39, 0.29) is 11.9 Å². The van der Waals surface area contributed by atoms with Gasteiger partial charge in [0.1, 0.15) is 28.0 Å². The van der Waals surface area contributed by atoms with Crippen molar-refractivity contribution >= 4 is 16.9 Å². The molecule has 168 valence electrons. The molecule has 6 unspecified atom stereocenters. The lowest BCUT2D eigenvalue weighted by molar-refractivity contribution is -0.128. The van der Waals surface area contributed by atoms with Gasteiger partial charge in [0.15, 0.2) is 0 Å². The van der Waals surface area contributed by atoms with Crippen molar-refractivity contribution in [3.8, 4) is 11.5 Å². The highest BCUT2D eigenvalue weighted by atomic mass is 32.2. The van der Waals surface area contributed by atoms with Crippen molar-refractivity contribution in [3.63, 3.8) is 0 Å². The second-order valence-electron chi connectivity index (χ2n) is 9.66. The Kier molecular flexibility index (Phi) is 7.13. The minimum atomic E-state index is -1.61. The molecule has 1 aromatic carbocycles. The maximum absolute atomic E-state index is 13.2. The predicted molar refractivity (Wildman–Crippen MR) is 119 cm³/mol. The fourth-order valence-corrected chi connectivity index (χ4v) is 6.46. The summed E-state index contributed by atoms with van der Waals surface area (Å²) in [7, 11) is 1.48. The Morgan fingerprint density at radius 3 is 2.50 bits per heavy atom. The molecule has 2 saturated carbocycles. The third-order valence-corrected chi connectivity index (χ3v) is 8.12. The second kappa shape index (κ2) is 9.27. The van der Waals surface area contributed by atoms with Crippen LogP contribution in [0.2, 0.25) is 0 Å². The number of hydrogen-bond acceptors (Lipinski definition) is 4. The SMILES string of the molecule is COc1ccc(S(=O)NC(C)(C)C(=O)NC2C(C)CC3CC(C)CC2C3)c(OC)c1. The van der Waals surface area contributed by atoms with E-state index in [1.54, 1.807) is 39.2 Å². The highest BCUT2D eigenvalue weighted by molar-refractivity contribution is 7.83. The number of carbonyl (C=O) groups is 1. The minimum Gasteiger partial charge on any atom is -0.497 e. The summed E-state index contributed by atoms with van der Waals surface area (Å²) in [4.78, 5) is 13.7. The smallest absolute Gasteiger partial charge is 0.240 e. The molecule has 0 heterocycles. The zero-order chi connectivity index (χ0) is 22.1. The van der Waals surface area contributed by atoms with Crippen molar-refractivity contribution in [1.29, 1.82) is 0 Å². The Labute approximate surface area is 183 Å². The normalized spacial score (nSPS) is 29.7. The molecule has 7 heteroatoms. The van der Waals surface area contributed by atoms with Crippen molar-refractivity contribution in [3.05, 3.63) is 18.2 Å². The Hall–Kier alpha value is -1.60. The number of carbonyl (C=O) groups excluding carboxylic acids is 1. The van der Waals surface area contributed by atoms with Crippen LogP contribution in [0.1, 0.15) is 53.4 Å². The van der Waals surface area contributed by atoms with Crippen LogP contribution in [-0.4, -0.2) is 35.9 Å². The first-order valence-electron chi connectivity index (χ1n) is 10.9. The molecule has 1 amide bonds. The second-order valence-corrected chi connectivity index (χ2v) is 10.8. The van der Waals surface area contributed by atoms with E-state index in [0.717, 1.165) is 11.8 Å². The average Bonchev–Trinajstić information content (AvgIpc) is 2.69. The number of fused-ring (bicyclic) bond motifs is 2. The van der Waals surface area contributed by atoms with Crippen LogP contribution in [0, 0.1) is 23.7 Å². The molecule has 0 radical (unpaired) electrons. The first-order valence-corrected chi connectivity index (χ1v) is 12.0. The Balaban J connectivity index is 1.69. The van der Waals surface area contributed by atoms with Crippen molar-refractivity contribution < 1.29 is 18.5 Å². The monoisotopic (exact) mass is 436 g/mol. The number of amides is 1. The van der Waals surface area contributed by atoms with E-state index < -0.39 is 16.5 Å². The maximum Gasteiger partial charge on any atom is 0.240 e. The third kappa shape index (κ3) is 4.99. The predicted octanol–water partition coefficient (Wildman–Crippen LogP) is 3.67. The van der Waals surface area contributed by atoms with Gasteiger partial charge in [-0.25, -0.2) is 8.93 Å². The van der Waals surface area contributed by atoms with E-state index >= 15 is 0 Å². The molecule has 0 aliphatic heterocycles. The van der Waals surface area contributed by atoms with Gasteiger partial charge in [-0.1, -0.05) is 13.8 Å². The third-order valence-electron chi connectivity index (χ3n) is 6.69. The minimum absolute atomic E-state index is 0.114. The van der Waals surface area contributed by atoms with Gasteiger partial charge in [0.2, 0.25) is 5.91 Å². The van der Waals surface area contributed by atoms with Gasteiger partial charge >= 0.3 is 0 Å². The molecule has 3 rings (SSSR count). The maximum atomic E-state index is 13.2. The number of benzene rings is 1. The Morgan fingerprint density at radius 1 is 1.10 bits per heavy atom. The molecule has 2 N–H and O–H groups in total. The molecule has 0 aromatic heterocycles. The van der Waals surface area contributed by atoms with Gasteiger partial charge in [0.05, 0.1) is 19.1 Å². The molecule has 2 bridgehead atoms. The van der Waals surface area contributed by atoms with Crippen molar-refractivity contribution in [2.45, 2.75) is 69.9 Å². The molecule has 30 heavy (non-hydrogen) atoms. The van der Waals surface area contributed by atoms with Crippen molar-refractivity contribution in [1.82, 2.24) is 10.0 Å². The van der Waals surface area contributed by atoms with E-state index in [9.17, 15) is 9.00 Å². The van der Waals surface area contributed by atoms with E-state index in [2.05, 4.69) is 23.9 Å². The van der Waals surface area contributed by atoms with Crippen LogP contribution < -0.4 is 19.5 Å². The number of ether oxygens (including phenoxy) is 2. The van der Waals surface area contributed by atoms with Crippen molar-refractivity contribution in [2.75, 3.05) is 14.2 Å². The molecule has 2 aliphatic carbocycles. The summed E-state index contributed by atoms with van der Waals surface area (Å²) in [6.07, 6.45) is 4.88. The van der Waals surface area contributed by atoms with Gasteiger partial charge in [-0.05, 0) is 75.3 Å². The van der Waals surface area contributed by atoms with Crippen LogP contribution in [0.5, 0.6) is 11.5 Å². The summed E-state index contributed by atoms with van der Waals surface area (Å²) in [5.74, 6) is 3.49. The zero-order valence-electron chi connectivity index (χ0n) is 19.0. The zero-order valence-corrected chi connectivity index (χ0v) is 19.8. The van der Waals surface area contributed by atoms with Crippen molar-refractivity contribution in [2.24, 2.45) is 23.7 Å². The molecule has 6 nitrogen and oxygen atoms in total. The van der Waals surface area contributed by atoms with Gasteiger partial charge in [-0.15, -0.1) is 0 Å². The Bertz CT molecular complexity index is 793. The van der Waals surface area contributed by atoms with E-state index in [4.69, 9.17) is 9.47 Å². The van der Waals surface area contributed by atoms with Gasteiger partial charge < -0.3 is 14.8 Å². The van der Waals surface area contributed by atoms with Crippen LogP contribution in [0.3, 0.4) is 0 Å². The number of nitrogens with one attached hydrogen (secondary N) is 2. The standard InChI is InChI=1S/C23H36N2O4S/c1-14-9-16-11-15(2)21(17(10-14)12-16)24-22(26)23(3,4)25-30(27)20-8-7-18(28-5)13-19(20)29-6/h7-8,13-17,21,25H,9-12H2,1-6H3,(H,24,26). The lowest BCUT2D eigenvalue weighted by atomic mass is 9.63. The largest absolute Gasteiger partial charge is 0.497 e. The van der Waals surface area contributed by atoms with Crippen LogP contribution in [0.15, 0.2) is 23.1 Å². The Morgan fingerprint density at radius 2 is 1.83 bits per heavy atom. The summed E-state index contributed by atoms with van der Waals surface area (Å²) < 4.78 is 26.6. The fourth-order valence-electron chi connectivity index (χ4n) is 5.28. The van der Waals surface area contributed by atoms with Crippen LogP contribution in [0.4, 0.5) is 0 Å². The highest BCUT2D eigenvalue weighted by Gasteiger charge is 2.42. The number of methoxy groups -OCH3 is 2. The molecule has 2 fully saturated rings. The summed E-state index contributed by atoms with van der Waals surface area (Å²) in [6, 6.07) is 5.30. The van der Waals surface area contributed by atoms with Gasteiger partial charge in [0, 0.05) is 12.1 Å². The molecule has 1 aromatic rings. The lowest BCUT2D eigenvalue weighted by Gasteiger charge is -2.47. The molecular formula is C23H36N2O4S. The molecule has 0 saturated heterocycles. The molecule has 2 aliphatic rings. The quantitative estimate of drug-likeness (QED) is 0.684. The highest BCUT2D eigenvalue weighted by Crippen LogP contribution is 2.44. The summed E-state index contributed by atoms with van der Waals surface area (Å²) in [5, 5.41) is 3.30. The van der Waals surface area contributed by atoms with Gasteiger partial charge in [-0.3, -0.25) is 4.79 Å². The van der Waals surface area contributed by atoms with Crippen LogP contribution in [-0.2, 0) is 15.8 Å². The van der Waals surface area contributed by atoms with Gasteiger partial charge in [-0.2, -0.15) is 0 Å².